The molecule has 0 aliphatic carbocycles. The van der Waals surface area contributed by atoms with E-state index < -0.39 is 6.10 Å². The molecule has 0 aromatic rings. The first-order valence-electron chi connectivity index (χ1n) is 26.1. The summed E-state index contributed by atoms with van der Waals surface area (Å²) in [5, 5.41) is 0. The lowest BCUT2D eigenvalue weighted by atomic mass is 10.1. The summed E-state index contributed by atoms with van der Waals surface area (Å²) in [6, 6.07) is 0. The summed E-state index contributed by atoms with van der Waals surface area (Å²) in [7, 11) is 0. The number of rotatable bonds is 46. The van der Waals surface area contributed by atoms with Crippen molar-refractivity contribution in [1.29, 1.82) is 0 Å². The van der Waals surface area contributed by atoms with E-state index in [0.29, 0.717) is 12.8 Å². The van der Waals surface area contributed by atoms with Gasteiger partial charge in [0.2, 0.25) is 0 Å². The molecule has 1 atom stereocenters. The third kappa shape index (κ3) is 49.5. The van der Waals surface area contributed by atoms with Crippen molar-refractivity contribution >= 4 is 17.9 Å². The highest BCUT2D eigenvalue weighted by Gasteiger charge is 2.19. The van der Waals surface area contributed by atoms with Gasteiger partial charge in [0, 0.05) is 19.3 Å². The molecule has 0 N–H and O–H groups in total. The van der Waals surface area contributed by atoms with Crippen LogP contribution in [-0.4, -0.2) is 37.2 Å². The quantitative estimate of drug-likeness (QED) is 0.0199. The van der Waals surface area contributed by atoms with E-state index in [1.807, 2.05) is 0 Å². The van der Waals surface area contributed by atoms with Gasteiger partial charge >= 0.3 is 17.9 Å². The predicted molar refractivity (Wildman–Crippen MR) is 270 cm³/mol. The van der Waals surface area contributed by atoms with Crippen molar-refractivity contribution in [3.63, 3.8) is 0 Å². The molecular weight excluding hydrogens is 781 g/mol. The number of hydrogen-bond donors (Lipinski definition) is 0. The van der Waals surface area contributed by atoms with Gasteiger partial charge in [-0.3, -0.25) is 14.4 Å². The van der Waals surface area contributed by atoms with Crippen LogP contribution >= 0.6 is 0 Å². The van der Waals surface area contributed by atoms with Crippen LogP contribution in [0.25, 0.3) is 0 Å². The van der Waals surface area contributed by atoms with E-state index in [2.05, 4.69) is 106 Å². The van der Waals surface area contributed by atoms with Crippen molar-refractivity contribution < 1.29 is 28.6 Å². The van der Waals surface area contributed by atoms with Crippen molar-refractivity contribution in [2.45, 2.75) is 245 Å². The Morgan fingerprint density at radius 2 is 0.683 bits per heavy atom. The molecule has 0 aliphatic rings. The van der Waals surface area contributed by atoms with Gasteiger partial charge in [-0.1, -0.05) is 202 Å². The standard InChI is InChI=1S/C57H96O6/c1-4-7-10-13-16-19-22-24-26-28-29-31-32-35-38-41-44-47-50-56(59)62-53-54(52-61-55(58)49-46-43-40-37-34-21-18-15-12-9-6-3)63-57(60)51-48-45-42-39-36-33-30-27-25-23-20-17-14-11-8-5-2/h8,11,15,17-18,20-21,25,27,29,31,33-34,36,54H,4-7,9-10,12-14,16,19,22-24,26,28,30,32,35,37-53H2,1-3H3/b11-8-,18-15-,20-17-,27-25-,31-29-,34-21-,36-33-. The largest absolute Gasteiger partial charge is 0.462 e. The van der Waals surface area contributed by atoms with Crippen LogP contribution in [0, 0.1) is 0 Å². The number of ether oxygens (including phenoxy) is 3. The minimum absolute atomic E-state index is 0.103. The van der Waals surface area contributed by atoms with Crippen LogP contribution in [0.3, 0.4) is 0 Å². The van der Waals surface area contributed by atoms with Gasteiger partial charge in [0.1, 0.15) is 13.2 Å². The highest BCUT2D eigenvalue weighted by Crippen LogP contribution is 2.13. The van der Waals surface area contributed by atoms with Crippen LogP contribution in [0.4, 0.5) is 0 Å². The summed E-state index contributed by atoms with van der Waals surface area (Å²) in [5.41, 5.74) is 0. The van der Waals surface area contributed by atoms with E-state index in [9.17, 15) is 14.4 Å². The molecule has 0 aliphatic heterocycles. The smallest absolute Gasteiger partial charge is 0.306 e. The second kappa shape index (κ2) is 51.2. The van der Waals surface area contributed by atoms with Crippen LogP contribution in [0.5, 0.6) is 0 Å². The van der Waals surface area contributed by atoms with Crippen molar-refractivity contribution in [1.82, 2.24) is 0 Å². The monoisotopic (exact) mass is 877 g/mol. The maximum Gasteiger partial charge on any atom is 0.306 e. The summed E-state index contributed by atoms with van der Waals surface area (Å²) in [4.78, 5) is 37.9. The Labute approximate surface area is 388 Å². The minimum Gasteiger partial charge on any atom is -0.462 e. The fourth-order valence-corrected chi connectivity index (χ4v) is 6.93. The molecule has 0 heterocycles. The Bertz CT molecular complexity index is 1240. The van der Waals surface area contributed by atoms with Crippen molar-refractivity contribution in [3.05, 3.63) is 85.1 Å². The van der Waals surface area contributed by atoms with Gasteiger partial charge in [-0.25, -0.2) is 0 Å². The molecule has 63 heavy (non-hydrogen) atoms. The summed E-state index contributed by atoms with van der Waals surface area (Å²) in [5.74, 6) is -0.972. The second-order valence-corrected chi connectivity index (χ2v) is 17.1. The molecule has 0 saturated carbocycles. The lowest BCUT2D eigenvalue weighted by Gasteiger charge is -2.18. The third-order valence-corrected chi connectivity index (χ3v) is 10.9. The zero-order valence-electron chi connectivity index (χ0n) is 41.1. The summed E-state index contributed by atoms with van der Waals surface area (Å²) < 4.78 is 16.7. The first-order chi connectivity index (χ1) is 31.0. The number of carbonyl (C=O) groups is 3. The molecule has 0 bridgehead atoms. The predicted octanol–water partition coefficient (Wildman–Crippen LogP) is 17.2. The van der Waals surface area contributed by atoms with E-state index in [0.717, 1.165) is 109 Å². The molecule has 6 heteroatoms. The molecule has 1 unspecified atom stereocenters. The van der Waals surface area contributed by atoms with Crippen LogP contribution in [0.2, 0.25) is 0 Å². The van der Waals surface area contributed by atoms with Crippen molar-refractivity contribution in [2.75, 3.05) is 13.2 Å². The molecule has 0 rings (SSSR count). The first kappa shape index (κ1) is 59.6. The van der Waals surface area contributed by atoms with Gasteiger partial charge in [-0.2, -0.15) is 0 Å². The zero-order chi connectivity index (χ0) is 45.8. The third-order valence-electron chi connectivity index (χ3n) is 10.9. The molecular formula is C57H96O6. The van der Waals surface area contributed by atoms with Gasteiger partial charge in [0.25, 0.3) is 0 Å². The Kier molecular flexibility index (Phi) is 48.5. The van der Waals surface area contributed by atoms with E-state index in [-0.39, 0.29) is 37.5 Å². The fourth-order valence-electron chi connectivity index (χ4n) is 6.93. The van der Waals surface area contributed by atoms with E-state index in [4.69, 9.17) is 14.2 Å². The molecule has 6 nitrogen and oxygen atoms in total. The average Bonchev–Trinajstić information content (AvgIpc) is 3.28. The average molecular weight is 877 g/mol. The topological polar surface area (TPSA) is 78.9 Å². The van der Waals surface area contributed by atoms with Gasteiger partial charge in [0.15, 0.2) is 6.10 Å². The molecule has 0 spiro atoms. The number of esters is 3. The van der Waals surface area contributed by atoms with Gasteiger partial charge in [-0.15, -0.1) is 0 Å². The number of allylic oxidation sites excluding steroid dienone is 14. The zero-order valence-corrected chi connectivity index (χ0v) is 41.1. The number of hydrogen-bond acceptors (Lipinski definition) is 6. The second-order valence-electron chi connectivity index (χ2n) is 17.1. The lowest BCUT2D eigenvalue weighted by Crippen LogP contribution is -2.30. The minimum atomic E-state index is -0.807. The first-order valence-corrected chi connectivity index (χ1v) is 26.1. The highest BCUT2D eigenvalue weighted by atomic mass is 16.6. The molecule has 360 valence electrons. The van der Waals surface area contributed by atoms with Crippen LogP contribution in [-0.2, 0) is 28.6 Å². The van der Waals surface area contributed by atoms with E-state index in [1.165, 1.54) is 89.9 Å². The van der Waals surface area contributed by atoms with Gasteiger partial charge < -0.3 is 14.2 Å². The summed E-state index contributed by atoms with van der Waals surface area (Å²) >= 11 is 0. The van der Waals surface area contributed by atoms with Crippen LogP contribution < -0.4 is 0 Å². The van der Waals surface area contributed by atoms with Crippen molar-refractivity contribution in [3.8, 4) is 0 Å². The maximum absolute atomic E-state index is 12.8. The summed E-state index contributed by atoms with van der Waals surface area (Å²) in [6.07, 6.45) is 65.7. The molecule has 0 aromatic carbocycles. The summed E-state index contributed by atoms with van der Waals surface area (Å²) in [6.45, 7) is 6.41. The normalized spacial score (nSPS) is 12.7. The van der Waals surface area contributed by atoms with Crippen LogP contribution in [0.1, 0.15) is 239 Å². The molecule has 0 radical (unpaired) electrons. The number of carbonyl (C=O) groups excluding carboxylic acids is 3. The molecule has 0 aromatic heterocycles. The van der Waals surface area contributed by atoms with Crippen molar-refractivity contribution in [2.24, 2.45) is 0 Å². The van der Waals surface area contributed by atoms with Gasteiger partial charge in [0.05, 0.1) is 0 Å². The Hall–Kier alpha value is -3.41. The van der Waals surface area contributed by atoms with E-state index >= 15 is 0 Å². The molecule has 0 fully saturated rings. The van der Waals surface area contributed by atoms with Gasteiger partial charge in [-0.05, 0) is 103 Å². The van der Waals surface area contributed by atoms with E-state index in [1.54, 1.807) is 0 Å². The Morgan fingerprint density at radius 3 is 1.14 bits per heavy atom. The molecule has 0 amide bonds. The SMILES string of the molecule is CC/C=C\C/C=C\C/C=C\C/C=C\CCCCCC(=O)OC(COC(=O)CCCCC/C=C\C=C/CCCC)COC(=O)CCCCCCC/C=C\CCCCCCCCCCC. The Balaban J connectivity index is 4.44. The highest BCUT2D eigenvalue weighted by molar-refractivity contribution is 5.71. The maximum atomic E-state index is 12.8. The fraction of sp³-hybridized carbons (Fsp3) is 0.702. The number of unbranched alkanes of at least 4 members (excludes halogenated alkanes) is 22. The van der Waals surface area contributed by atoms with Crippen LogP contribution in [0.15, 0.2) is 85.1 Å². The Morgan fingerprint density at radius 1 is 0.349 bits per heavy atom. The molecule has 0 saturated heterocycles. The lowest BCUT2D eigenvalue weighted by molar-refractivity contribution is -0.167.